The van der Waals surface area contributed by atoms with Crippen LogP contribution in [0.3, 0.4) is 0 Å². The minimum absolute atomic E-state index is 0.0197. The number of nitrogens with zero attached hydrogens (tertiary/aromatic N) is 1. The van der Waals surface area contributed by atoms with Crippen LogP contribution in [0.25, 0.3) is 0 Å². The lowest BCUT2D eigenvalue weighted by molar-refractivity contribution is 0.127. The quantitative estimate of drug-likeness (QED) is 0.365. The van der Waals surface area contributed by atoms with Gasteiger partial charge in [0.2, 0.25) is 0 Å². The van der Waals surface area contributed by atoms with Crippen LogP contribution in [0.5, 0.6) is 0 Å². The third-order valence-corrected chi connectivity index (χ3v) is 4.82. The summed E-state index contributed by atoms with van der Waals surface area (Å²) >= 11 is 0. The standard InChI is InChI=1S/C20H33N3O2/c1-3-4-11-21-19(22-14-18-7-5-17(2)6-8-18)23-15-20(9-12-24)10-13-25-16-20/h5-8,24H,3-4,9-16H2,1-2H3,(H2,21,22,23). The highest BCUT2D eigenvalue weighted by Crippen LogP contribution is 2.31. The number of guanidine groups is 1. The van der Waals surface area contributed by atoms with Gasteiger partial charge in [-0.15, -0.1) is 0 Å². The molecule has 5 heteroatoms. The Labute approximate surface area is 151 Å². The fourth-order valence-corrected chi connectivity index (χ4v) is 3.00. The summed E-state index contributed by atoms with van der Waals surface area (Å²) in [7, 11) is 0. The summed E-state index contributed by atoms with van der Waals surface area (Å²) in [6, 6.07) is 8.49. The van der Waals surface area contributed by atoms with Gasteiger partial charge in [-0.1, -0.05) is 43.2 Å². The first-order valence-electron chi connectivity index (χ1n) is 9.44. The van der Waals surface area contributed by atoms with Crippen LogP contribution in [0.2, 0.25) is 0 Å². The molecule has 0 bridgehead atoms. The Morgan fingerprint density at radius 3 is 2.72 bits per heavy atom. The minimum atomic E-state index is 0.0197. The molecule has 0 aliphatic carbocycles. The number of aryl methyl sites for hydroxylation is 1. The molecule has 140 valence electrons. The molecule has 1 atom stereocenters. The van der Waals surface area contributed by atoms with Gasteiger partial charge in [0.25, 0.3) is 0 Å². The van der Waals surface area contributed by atoms with Crippen LogP contribution in [0.4, 0.5) is 0 Å². The zero-order valence-electron chi connectivity index (χ0n) is 15.7. The number of hydrogen-bond donors (Lipinski definition) is 3. The van der Waals surface area contributed by atoms with Gasteiger partial charge in [0.15, 0.2) is 5.96 Å². The van der Waals surface area contributed by atoms with Gasteiger partial charge in [0.1, 0.15) is 0 Å². The number of aliphatic hydroxyl groups excluding tert-OH is 1. The van der Waals surface area contributed by atoms with Crippen molar-refractivity contribution in [3.8, 4) is 0 Å². The molecule has 1 unspecified atom stereocenters. The van der Waals surface area contributed by atoms with Crippen LogP contribution >= 0.6 is 0 Å². The minimum Gasteiger partial charge on any atom is -0.396 e. The van der Waals surface area contributed by atoms with Gasteiger partial charge < -0.3 is 20.5 Å². The van der Waals surface area contributed by atoms with Gasteiger partial charge in [-0.25, -0.2) is 4.99 Å². The van der Waals surface area contributed by atoms with Crippen LogP contribution in [0.1, 0.15) is 43.7 Å². The van der Waals surface area contributed by atoms with E-state index < -0.39 is 0 Å². The number of aliphatic hydroxyl groups is 1. The second kappa shape index (κ2) is 10.4. The van der Waals surface area contributed by atoms with Gasteiger partial charge in [0.05, 0.1) is 13.2 Å². The molecule has 1 aliphatic rings. The Morgan fingerprint density at radius 2 is 2.08 bits per heavy atom. The van der Waals surface area contributed by atoms with Crippen molar-refractivity contribution in [3.05, 3.63) is 35.4 Å². The van der Waals surface area contributed by atoms with Crippen molar-refractivity contribution in [3.63, 3.8) is 0 Å². The molecule has 1 aliphatic heterocycles. The van der Waals surface area contributed by atoms with E-state index in [0.29, 0.717) is 13.2 Å². The van der Waals surface area contributed by atoms with E-state index in [1.165, 1.54) is 11.1 Å². The zero-order valence-corrected chi connectivity index (χ0v) is 15.7. The highest BCUT2D eigenvalue weighted by Gasteiger charge is 2.34. The lowest BCUT2D eigenvalue weighted by atomic mass is 9.84. The maximum absolute atomic E-state index is 9.38. The molecule has 1 aromatic rings. The summed E-state index contributed by atoms with van der Waals surface area (Å²) in [5, 5.41) is 16.3. The largest absolute Gasteiger partial charge is 0.396 e. The number of hydrogen-bond acceptors (Lipinski definition) is 3. The summed E-state index contributed by atoms with van der Waals surface area (Å²) in [6.45, 7) is 8.32. The van der Waals surface area contributed by atoms with Crippen molar-refractivity contribution in [2.45, 2.75) is 46.1 Å². The Kier molecular flexibility index (Phi) is 8.22. The number of benzene rings is 1. The number of rotatable bonds is 9. The van der Waals surface area contributed by atoms with E-state index in [1.54, 1.807) is 0 Å². The highest BCUT2D eigenvalue weighted by molar-refractivity contribution is 5.79. The number of aliphatic imine (C=N–C) groups is 1. The molecule has 5 nitrogen and oxygen atoms in total. The van der Waals surface area contributed by atoms with Crippen molar-refractivity contribution < 1.29 is 9.84 Å². The van der Waals surface area contributed by atoms with E-state index in [1.807, 2.05) is 0 Å². The molecule has 1 saturated heterocycles. The smallest absolute Gasteiger partial charge is 0.191 e. The van der Waals surface area contributed by atoms with Crippen molar-refractivity contribution in [2.24, 2.45) is 10.4 Å². The predicted octanol–water partition coefficient (Wildman–Crippen LogP) is 2.62. The second-order valence-electron chi connectivity index (χ2n) is 7.06. The average Bonchev–Trinajstić information content (AvgIpc) is 3.07. The predicted molar refractivity (Wildman–Crippen MR) is 103 cm³/mol. The third-order valence-electron chi connectivity index (χ3n) is 4.82. The van der Waals surface area contributed by atoms with E-state index in [0.717, 1.165) is 51.3 Å². The Bertz CT molecular complexity index is 522. The average molecular weight is 348 g/mol. The SMILES string of the molecule is CCCCNC(=NCc1ccc(C)cc1)NCC1(CCO)CCOC1. The maximum atomic E-state index is 9.38. The van der Waals surface area contributed by atoms with Crippen LogP contribution < -0.4 is 10.6 Å². The van der Waals surface area contributed by atoms with Crippen molar-refractivity contribution in [1.82, 2.24) is 10.6 Å². The summed E-state index contributed by atoms with van der Waals surface area (Å²) in [4.78, 5) is 4.74. The first kappa shape index (κ1) is 19.7. The Morgan fingerprint density at radius 1 is 1.28 bits per heavy atom. The molecule has 0 radical (unpaired) electrons. The molecule has 1 fully saturated rings. The molecule has 0 amide bonds. The van der Waals surface area contributed by atoms with Gasteiger partial charge in [-0.05, 0) is 31.7 Å². The number of unbranched alkanes of at least 4 members (excludes halogenated alkanes) is 1. The van der Waals surface area contributed by atoms with E-state index in [2.05, 4.69) is 48.7 Å². The molecular formula is C20H33N3O2. The zero-order chi connectivity index (χ0) is 18.0. The van der Waals surface area contributed by atoms with E-state index >= 15 is 0 Å². The Hall–Kier alpha value is -1.59. The molecule has 1 aromatic carbocycles. The fourth-order valence-electron chi connectivity index (χ4n) is 3.00. The first-order valence-corrected chi connectivity index (χ1v) is 9.44. The van der Waals surface area contributed by atoms with E-state index in [-0.39, 0.29) is 12.0 Å². The van der Waals surface area contributed by atoms with Crippen molar-refractivity contribution in [2.75, 3.05) is 32.9 Å². The normalized spacial score (nSPS) is 20.7. The molecule has 0 saturated carbocycles. The van der Waals surface area contributed by atoms with Gasteiger partial charge in [-0.2, -0.15) is 0 Å². The van der Waals surface area contributed by atoms with Gasteiger partial charge in [0, 0.05) is 31.7 Å². The van der Waals surface area contributed by atoms with Gasteiger partial charge in [-0.3, -0.25) is 0 Å². The Balaban J connectivity index is 1.96. The van der Waals surface area contributed by atoms with Crippen LogP contribution in [-0.2, 0) is 11.3 Å². The topological polar surface area (TPSA) is 65.9 Å². The number of nitrogens with one attached hydrogen (secondary N) is 2. The van der Waals surface area contributed by atoms with E-state index in [9.17, 15) is 5.11 Å². The van der Waals surface area contributed by atoms with Crippen molar-refractivity contribution in [1.29, 1.82) is 0 Å². The molecule has 0 aromatic heterocycles. The molecule has 3 N–H and O–H groups in total. The molecular weight excluding hydrogens is 314 g/mol. The van der Waals surface area contributed by atoms with E-state index in [4.69, 9.17) is 9.73 Å². The summed E-state index contributed by atoms with van der Waals surface area (Å²) in [6.07, 6.45) is 4.03. The summed E-state index contributed by atoms with van der Waals surface area (Å²) < 4.78 is 5.57. The highest BCUT2D eigenvalue weighted by atomic mass is 16.5. The van der Waals surface area contributed by atoms with Crippen LogP contribution in [-0.4, -0.2) is 44.0 Å². The first-order chi connectivity index (χ1) is 12.2. The summed E-state index contributed by atoms with van der Waals surface area (Å²) in [5.41, 5.74) is 2.49. The van der Waals surface area contributed by atoms with Crippen LogP contribution in [0.15, 0.2) is 29.3 Å². The van der Waals surface area contributed by atoms with Crippen LogP contribution in [0, 0.1) is 12.3 Å². The van der Waals surface area contributed by atoms with Gasteiger partial charge >= 0.3 is 0 Å². The molecule has 2 rings (SSSR count). The number of ether oxygens (including phenoxy) is 1. The fraction of sp³-hybridized carbons (Fsp3) is 0.650. The van der Waals surface area contributed by atoms with Crippen molar-refractivity contribution >= 4 is 5.96 Å². The lowest BCUT2D eigenvalue weighted by Gasteiger charge is -2.27. The summed E-state index contributed by atoms with van der Waals surface area (Å²) in [5.74, 6) is 0.846. The molecule has 25 heavy (non-hydrogen) atoms. The molecule has 1 heterocycles. The second-order valence-corrected chi connectivity index (χ2v) is 7.06. The maximum Gasteiger partial charge on any atom is 0.191 e. The lowest BCUT2D eigenvalue weighted by Crippen LogP contribution is -2.44. The monoisotopic (exact) mass is 347 g/mol. The molecule has 0 spiro atoms. The third kappa shape index (κ3) is 6.67.